The Morgan fingerprint density at radius 2 is 2.06 bits per heavy atom. The van der Waals surface area contributed by atoms with Gasteiger partial charge >= 0.3 is 5.97 Å². The number of carbonyl (C=O) groups is 2. The molecule has 0 atom stereocenters. The first-order valence-electron chi connectivity index (χ1n) is 5.62. The van der Waals surface area contributed by atoms with E-state index < -0.39 is 17.4 Å². The topological polar surface area (TPSA) is 79.3 Å². The zero-order valence-electron chi connectivity index (χ0n) is 10.2. The van der Waals surface area contributed by atoms with Gasteiger partial charge in [-0.3, -0.25) is 9.78 Å². The van der Waals surface area contributed by atoms with Crippen molar-refractivity contribution in [2.75, 3.05) is 0 Å². The molecular formula is C12H15ClN2O3. The van der Waals surface area contributed by atoms with E-state index in [9.17, 15) is 14.7 Å². The summed E-state index contributed by atoms with van der Waals surface area (Å²) in [5, 5.41) is 12.0. The van der Waals surface area contributed by atoms with Crippen LogP contribution in [0.5, 0.6) is 0 Å². The molecule has 1 aromatic rings. The number of nitrogens with zero attached hydrogens (tertiary/aromatic N) is 1. The van der Waals surface area contributed by atoms with E-state index >= 15 is 0 Å². The number of hydrogen-bond acceptors (Lipinski definition) is 3. The van der Waals surface area contributed by atoms with Crippen LogP contribution in [0, 0.1) is 0 Å². The van der Waals surface area contributed by atoms with E-state index in [1.165, 1.54) is 18.5 Å². The number of rotatable bonds is 5. The Labute approximate surface area is 110 Å². The summed E-state index contributed by atoms with van der Waals surface area (Å²) >= 11 is 5.87. The van der Waals surface area contributed by atoms with Crippen LogP contribution in [0.25, 0.3) is 0 Å². The number of aromatic nitrogens is 1. The number of carboxylic acids is 1. The Balaban J connectivity index is 3.00. The molecule has 6 heteroatoms. The highest BCUT2D eigenvalue weighted by Crippen LogP contribution is 2.19. The van der Waals surface area contributed by atoms with Gasteiger partial charge in [0.05, 0.1) is 10.6 Å². The first kappa shape index (κ1) is 14.4. The molecule has 0 saturated carbocycles. The Hall–Kier alpha value is -1.62. The van der Waals surface area contributed by atoms with Gasteiger partial charge in [-0.05, 0) is 18.9 Å². The predicted octanol–water partition coefficient (Wildman–Crippen LogP) is 2.11. The predicted molar refractivity (Wildman–Crippen MR) is 67.7 cm³/mol. The van der Waals surface area contributed by atoms with Crippen LogP contribution in [-0.4, -0.2) is 27.5 Å². The van der Waals surface area contributed by atoms with E-state index in [0.29, 0.717) is 12.8 Å². The van der Waals surface area contributed by atoms with Crippen molar-refractivity contribution >= 4 is 23.5 Å². The van der Waals surface area contributed by atoms with Gasteiger partial charge in [0, 0.05) is 12.4 Å². The minimum atomic E-state index is -1.27. The fourth-order valence-corrected chi connectivity index (χ4v) is 1.80. The number of amides is 1. The first-order valence-corrected chi connectivity index (χ1v) is 6.00. The third-order valence-corrected chi connectivity index (χ3v) is 3.31. The highest BCUT2D eigenvalue weighted by Gasteiger charge is 2.36. The van der Waals surface area contributed by atoms with Crippen molar-refractivity contribution in [1.82, 2.24) is 10.3 Å². The summed E-state index contributed by atoms with van der Waals surface area (Å²) in [4.78, 5) is 27.1. The fourth-order valence-electron chi connectivity index (χ4n) is 1.61. The Morgan fingerprint density at radius 3 is 2.50 bits per heavy atom. The SMILES string of the molecule is CCC(CC)(NC(=O)c1cnccc1Cl)C(=O)O. The molecule has 18 heavy (non-hydrogen) atoms. The van der Waals surface area contributed by atoms with Crippen LogP contribution in [-0.2, 0) is 4.79 Å². The molecule has 1 amide bonds. The lowest BCUT2D eigenvalue weighted by Crippen LogP contribution is -2.53. The molecule has 2 N–H and O–H groups in total. The molecule has 0 spiro atoms. The standard InChI is InChI=1S/C12H15ClN2O3/c1-3-12(4-2,11(17)18)15-10(16)8-7-14-6-5-9(8)13/h5-7H,3-4H2,1-2H3,(H,15,16)(H,17,18). The Bertz CT molecular complexity index is 458. The van der Waals surface area contributed by atoms with Gasteiger partial charge in [-0.2, -0.15) is 0 Å². The molecule has 0 aromatic carbocycles. The highest BCUT2D eigenvalue weighted by atomic mass is 35.5. The van der Waals surface area contributed by atoms with E-state index in [1.54, 1.807) is 13.8 Å². The zero-order chi connectivity index (χ0) is 13.8. The van der Waals surface area contributed by atoms with Gasteiger partial charge in [0.1, 0.15) is 5.54 Å². The summed E-state index contributed by atoms with van der Waals surface area (Å²) in [5.74, 6) is -1.58. The third kappa shape index (κ3) is 2.79. The number of halogens is 1. The summed E-state index contributed by atoms with van der Waals surface area (Å²) in [6, 6.07) is 1.48. The molecule has 1 aromatic heterocycles. The largest absolute Gasteiger partial charge is 0.480 e. The van der Waals surface area contributed by atoms with Gasteiger partial charge in [-0.25, -0.2) is 4.79 Å². The van der Waals surface area contributed by atoms with Gasteiger partial charge in [0.25, 0.3) is 5.91 Å². The molecule has 5 nitrogen and oxygen atoms in total. The second-order valence-corrected chi connectivity index (χ2v) is 4.31. The van der Waals surface area contributed by atoms with Crippen molar-refractivity contribution < 1.29 is 14.7 Å². The normalized spacial score (nSPS) is 11.1. The average molecular weight is 271 g/mol. The minimum Gasteiger partial charge on any atom is -0.480 e. The average Bonchev–Trinajstić information content (AvgIpc) is 2.36. The molecule has 0 saturated heterocycles. The van der Waals surface area contributed by atoms with E-state index in [1.807, 2.05) is 0 Å². The van der Waals surface area contributed by atoms with Gasteiger partial charge < -0.3 is 10.4 Å². The van der Waals surface area contributed by atoms with Crippen molar-refractivity contribution in [3.05, 3.63) is 29.0 Å². The number of aliphatic carboxylic acids is 1. The summed E-state index contributed by atoms with van der Waals surface area (Å²) in [5.41, 5.74) is -1.09. The van der Waals surface area contributed by atoms with E-state index in [0.717, 1.165) is 0 Å². The van der Waals surface area contributed by atoms with Crippen LogP contribution in [0.15, 0.2) is 18.5 Å². The van der Waals surface area contributed by atoms with Crippen molar-refractivity contribution in [1.29, 1.82) is 0 Å². The maximum absolute atomic E-state index is 12.0. The third-order valence-electron chi connectivity index (χ3n) is 2.98. The number of carbonyl (C=O) groups excluding carboxylic acids is 1. The van der Waals surface area contributed by atoms with E-state index in [2.05, 4.69) is 10.3 Å². The summed E-state index contributed by atoms with van der Waals surface area (Å²) < 4.78 is 0. The summed E-state index contributed by atoms with van der Waals surface area (Å²) in [6.45, 7) is 3.42. The molecule has 0 bridgehead atoms. The van der Waals surface area contributed by atoms with Crippen LogP contribution in [0.4, 0.5) is 0 Å². The van der Waals surface area contributed by atoms with Gasteiger partial charge in [0.2, 0.25) is 0 Å². The Morgan fingerprint density at radius 1 is 1.44 bits per heavy atom. The van der Waals surface area contributed by atoms with Crippen LogP contribution in [0.1, 0.15) is 37.0 Å². The number of pyridine rings is 1. The molecule has 1 heterocycles. The van der Waals surface area contributed by atoms with Crippen LogP contribution in [0.3, 0.4) is 0 Å². The van der Waals surface area contributed by atoms with Crippen molar-refractivity contribution in [2.45, 2.75) is 32.2 Å². The molecule has 0 radical (unpaired) electrons. The molecule has 0 aliphatic heterocycles. The minimum absolute atomic E-state index is 0.173. The molecule has 0 aliphatic carbocycles. The second kappa shape index (κ2) is 5.82. The highest BCUT2D eigenvalue weighted by molar-refractivity contribution is 6.33. The molecule has 98 valence electrons. The number of nitrogens with one attached hydrogen (secondary N) is 1. The van der Waals surface area contributed by atoms with Crippen LogP contribution >= 0.6 is 11.6 Å². The first-order chi connectivity index (χ1) is 8.46. The molecule has 0 unspecified atom stereocenters. The Kier molecular flexibility index (Phi) is 4.67. The summed E-state index contributed by atoms with van der Waals surface area (Å²) in [6.07, 6.45) is 3.36. The van der Waals surface area contributed by atoms with E-state index in [4.69, 9.17) is 11.6 Å². The maximum Gasteiger partial charge on any atom is 0.329 e. The lowest BCUT2D eigenvalue weighted by atomic mass is 9.92. The van der Waals surface area contributed by atoms with Gasteiger partial charge in [-0.15, -0.1) is 0 Å². The molecule has 0 fully saturated rings. The fraction of sp³-hybridized carbons (Fsp3) is 0.417. The lowest BCUT2D eigenvalue weighted by molar-refractivity contribution is -0.144. The maximum atomic E-state index is 12.0. The summed E-state index contributed by atoms with van der Waals surface area (Å²) in [7, 11) is 0. The van der Waals surface area contributed by atoms with Crippen LogP contribution in [0.2, 0.25) is 5.02 Å². The monoisotopic (exact) mass is 270 g/mol. The van der Waals surface area contributed by atoms with Crippen LogP contribution < -0.4 is 5.32 Å². The van der Waals surface area contributed by atoms with Crippen molar-refractivity contribution in [3.63, 3.8) is 0 Å². The quantitative estimate of drug-likeness (QED) is 0.859. The zero-order valence-corrected chi connectivity index (χ0v) is 11.0. The number of hydrogen-bond donors (Lipinski definition) is 2. The van der Waals surface area contributed by atoms with Gasteiger partial charge in [-0.1, -0.05) is 25.4 Å². The lowest BCUT2D eigenvalue weighted by Gasteiger charge is -2.28. The van der Waals surface area contributed by atoms with E-state index in [-0.39, 0.29) is 10.6 Å². The van der Waals surface area contributed by atoms with Gasteiger partial charge in [0.15, 0.2) is 0 Å². The molecule has 1 rings (SSSR count). The number of carboxylic acid groups (broad SMARTS) is 1. The molecular weight excluding hydrogens is 256 g/mol. The molecule has 0 aliphatic rings. The van der Waals surface area contributed by atoms with Crippen molar-refractivity contribution in [3.8, 4) is 0 Å². The smallest absolute Gasteiger partial charge is 0.329 e. The second-order valence-electron chi connectivity index (χ2n) is 3.90. The van der Waals surface area contributed by atoms with Crippen molar-refractivity contribution in [2.24, 2.45) is 0 Å².